The SMILES string of the molecule is O=C(CC[C@H]1CCCN(Cc2cnn(-c3ccccc3)c2)C1)Nc1ccccc1F. The van der Waals surface area contributed by atoms with Crippen LogP contribution in [0.1, 0.15) is 31.2 Å². The molecule has 156 valence electrons. The molecule has 1 atom stereocenters. The molecule has 1 aromatic heterocycles. The van der Waals surface area contributed by atoms with E-state index < -0.39 is 5.82 Å². The van der Waals surface area contributed by atoms with Gasteiger partial charge in [-0.25, -0.2) is 9.07 Å². The number of nitrogens with one attached hydrogen (secondary N) is 1. The minimum absolute atomic E-state index is 0.124. The van der Waals surface area contributed by atoms with Crippen molar-refractivity contribution >= 4 is 11.6 Å². The van der Waals surface area contributed by atoms with Crippen LogP contribution in [0.5, 0.6) is 0 Å². The minimum atomic E-state index is -0.397. The Morgan fingerprint density at radius 3 is 2.77 bits per heavy atom. The first-order valence-electron chi connectivity index (χ1n) is 10.5. The third-order valence-corrected chi connectivity index (χ3v) is 5.59. The predicted octanol–water partition coefficient (Wildman–Crippen LogP) is 4.64. The monoisotopic (exact) mass is 406 g/mol. The maximum Gasteiger partial charge on any atom is 0.224 e. The van der Waals surface area contributed by atoms with Crippen LogP contribution in [0.2, 0.25) is 0 Å². The van der Waals surface area contributed by atoms with E-state index in [1.54, 1.807) is 18.2 Å². The van der Waals surface area contributed by atoms with Crippen LogP contribution in [0.25, 0.3) is 5.69 Å². The van der Waals surface area contributed by atoms with E-state index in [4.69, 9.17) is 0 Å². The predicted molar refractivity (Wildman–Crippen MR) is 116 cm³/mol. The first kappa shape index (κ1) is 20.3. The molecule has 0 aliphatic carbocycles. The number of rotatable bonds is 7. The zero-order chi connectivity index (χ0) is 20.8. The van der Waals surface area contributed by atoms with Crippen LogP contribution >= 0.6 is 0 Å². The van der Waals surface area contributed by atoms with Crippen molar-refractivity contribution in [2.75, 3.05) is 18.4 Å². The van der Waals surface area contributed by atoms with Crippen LogP contribution in [-0.2, 0) is 11.3 Å². The second kappa shape index (κ2) is 9.67. The van der Waals surface area contributed by atoms with Gasteiger partial charge in [0.1, 0.15) is 5.82 Å². The first-order valence-corrected chi connectivity index (χ1v) is 10.5. The maximum atomic E-state index is 13.7. The average molecular weight is 407 g/mol. The number of para-hydroxylation sites is 2. The number of likely N-dealkylation sites (tertiary alicyclic amines) is 1. The first-order chi connectivity index (χ1) is 14.7. The summed E-state index contributed by atoms with van der Waals surface area (Å²) < 4.78 is 15.6. The van der Waals surface area contributed by atoms with Crippen molar-refractivity contribution in [1.29, 1.82) is 0 Å². The Morgan fingerprint density at radius 1 is 1.13 bits per heavy atom. The number of amides is 1. The molecule has 1 N–H and O–H groups in total. The Balaban J connectivity index is 1.26. The number of carbonyl (C=O) groups is 1. The molecule has 0 spiro atoms. The van der Waals surface area contributed by atoms with Gasteiger partial charge in [0.25, 0.3) is 0 Å². The van der Waals surface area contributed by atoms with Gasteiger partial charge in [-0.05, 0) is 56.0 Å². The third kappa shape index (κ3) is 5.33. The van der Waals surface area contributed by atoms with E-state index in [0.29, 0.717) is 12.3 Å². The molecule has 6 heteroatoms. The second-order valence-corrected chi connectivity index (χ2v) is 7.94. The Bertz CT molecular complexity index is 972. The lowest BCUT2D eigenvalue weighted by Crippen LogP contribution is -2.35. The van der Waals surface area contributed by atoms with Gasteiger partial charge in [0.15, 0.2) is 0 Å². The standard InChI is InChI=1S/C24H27FN4O/c25-22-10-4-5-11-23(22)27-24(30)13-12-19-7-6-14-28(16-19)17-20-15-26-29(18-20)21-8-2-1-3-9-21/h1-5,8-11,15,18-19H,6-7,12-14,16-17H2,(H,27,30)/t19-/m1/s1. The Kier molecular flexibility index (Phi) is 6.54. The highest BCUT2D eigenvalue weighted by molar-refractivity contribution is 5.90. The van der Waals surface area contributed by atoms with Crippen molar-refractivity contribution in [3.8, 4) is 5.69 Å². The fourth-order valence-corrected chi connectivity index (χ4v) is 4.06. The van der Waals surface area contributed by atoms with Gasteiger partial charge in [-0.3, -0.25) is 9.69 Å². The Hall–Kier alpha value is -2.99. The van der Waals surface area contributed by atoms with Gasteiger partial charge < -0.3 is 5.32 Å². The largest absolute Gasteiger partial charge is 0.324 e. The summed E-state index contributed by atoms with van der Waals surface area (Å²) in [6.45, 7) is 2.91. The van der Waals surface area contributed by atoms with Crippen molar-refractivity contribution in [1.82, 2.24) is 14.7 Å². The number of nitrogens with zero attached hydrogens (tertiary/aromatic N) is 3. The summed E-state index contributed by atoms with van der Waals surface area (Å²) in [5.74, 6) is -0.0404. The lowest BCUT2D eigenvalue weighted by molar-refractivity contribution is -0.116. The summed E-state index contributed by atoms with van der Waals surface area (Å²) in [5, 5.41) is 7.16. The van der Waals surface area contributed by atoms with E-state index in [0.717, 1.165) is 44.6 Å². The third-order valence-electron chi connectivity index (χ3n) is 5.59. The summed E-state index contributed by atoms with van der Waals surface area (Å²) in [6.07, 6.45) is 7.51. The van der Waals surface area contributed by atoms with Crippen molar-refractivity contribution in [3.05, 3.63) is 78.4 Å². The lowest BCUT2D eigenvalue weighted by atomic mass is 9.93. The summed E-state index contributed by atoms with van der Waals surface area (Å²) in [6, 6.07) is 16.4. The Morgan fingerprint density at radius 2 is 1.93 bits per heavy atom. The quantitative estimate of drug-likeness (QED) is 0.622. The molecular formula is C24H27FN4O. The molecule has 1 saturated heterocycles. The van der Waals surface area contributed by atoms with Crippen LogP contribution in [0.4, 0.5) is 10.1 Å². The number of carbonyl (C=O) groups excluding carboxylic acids is 1. The number of hydrogen-bond donors (Lipinski definition) is 1. The van der Waals surface area contributed by atoms with Crippen molar-refractivity contribution in [3.63, 3.8) is 0 Å². The molecule has 3 aromatic rings. The molecule has 1 amide bonds. The molecule has 2 heterocycles. The Labute approximate surface area is 176 Å². The van der Waals surface area contributed by atoms with Crippen molar-refractivity contribution in [2.45, 2.75) is 32.2 Å². The molecule has 1 fully saturated rings. The molecule has 2 aromatic carbocycles. The molecule has 5 nitrogen and oxygen atoms in total. The highest BCUT2D eigenvalue weighted by Gasteiger charge is 2.21. The van der Waals surface area contributed by atoms with E-state index in [9.17, 15) is 9.18 Å². The van der Waals surface area contributed by atoms with Crippen LogP contribution < -0.4 is 5.32 Å². The van der Waals surface area contributed by atoms with Crippen molar-refractivity contribution < 1.29 is 9.18 Å². The van der Waals surface area contributed by atoms with Crippen LogP contribution in [-0.4, -0.2) is 33.7 Å². The summed E-state index contributed by atoms with van der Waals surface area (Å²) in [4.78, 5) is 14.7. The molecule has 0 bridgehead atoms. The molecule has 30 heavy (non-hydrogen) atoms. The number of piperidine rings is 1. The van der Waals surface area contributed by atoms with E-state index in [2.05, 4.69) is 21.5 Å². The fourth-order valence-electron chi connectivity index (χ4n) is 4.06. The lowest BCUT2D eigenvalue weighted by Gasteiger charge is -2.32. The van der Waals surface area contributed by atoms with Crippen molar-refractivity contribution in [2.24, 2.45) is 5.92 Å². The molecule has 0 unspecified atom stereocenters. The van der Waals surface area contributed by atoms with E-state index in [1.807, 2.05) is 41.2 Å². The fraction of sp³-hybridized carbons (Fsp3) is 0.333. The van der Waals surface area contributed by atoms with Gasteiger partial charge in [-0.15, -0.1) is 0 Å². The number of benzene rings is 2. The minimum Gasteiger partial charge on any atom is -0.324 e. The van der Waals surface area contributed by atoms with Gasteiger partial charge in [-0.1, -0.05) is 30.3 Å². The van der Waals surface area contributed by atoms with E-state index in [1.165, 1.54) is 11.6 Å². The average Bonchev–Trinajstić information content (AvgIpc) is 3.23. The van der Waals surface area contributed by atoms with Gasteiger partial charge in [0.05, 0.1) is 17.6 Å². The zero-order valence-electron chi connectivity index (χ0n) is 17.0. The summed E-state index contributed by atoms with van der Waals surface area (Å²) >= 11 is 0. The molecule has 0 saturated carbocycles. The molecule has 0 radical (unpaired) electrons. The van der Waals surface area contributed by atoms with Gasteiger partial charge in [-0.2, -0.15) is 5.10 Å². The van der Waals surface area contributed by atoms with Crippen LogP contribution in [0, 0.1) is 11.7 Å². The molecule has 1 aliphatic rings. The number of hydrogen-bond acceptors (Lipinski definition) is 3. The highest BCUT2D eigenvalue weighted by atomic mass is 19.1. The molecule has 1 aliphatic heterocycles. The molecule has 4 rings (SSSR count). The normalized spacial score (nSPS) is 17.0. The van der Waals surface area contributed by atoms with E-state index >= 15 is 0 Å². The maximum absolute atomic E-state index is 13.7. The number of aromatic nitrogens is 2. The topological polar surface area (TPSA) is 50.2 Å². The number of halogens is 1. The summed E-state index contributed by atoms with van der Waals surface area (Å²) in [5.41, 5.74) is 2.50. The van der Waals surface area contributed by atoms with Gasteiger partial charge >= 0.3 is 0 Å². The smallest absolute Gasteiger partial charge is 0.224 e. The van der Waals surface area contributed by atoms with Crippen LogP contribution in [0.15, 0.2) is 67.0 Å². The van der Waals surface area contributed by atoms with Crippen LogP contribution in [0.3, 0.4) is 0 Å². The van der Waals surface area contributed by atoms with Gasteiger partial charge in [0.2, 0.25) is 5.91 Å². The highest BCUT2D eigenvalue weighted by Crippen LogP contribution is 2.23. The zero-order valence-corrected chi connectivity index (χ0v) is 17.0. The second-order valence-electron chi connectivity index (χ2n) is 7.94. The molecular weight excluding hydrogens is 379 g/mol. The number of anilines is 1. The van der Waals surface area contributed by atoms with E-state index in [-0.39, 0.29) is 11.6 Å². The summed E-state index contributed by atoms with van der Waals surface area (Å²) in [7, 11) is 0. The van der Waals surface area contributed by atoms with Gasteiger partial charge in [0, 0.05) is 31.3 Å².